The molecule has 0 aromatic carbocycles. The predicted octanol–water partition coefficient (Wildman–Crippen LogP) is 1.87. The van der Waals surface area contributed by atoms with Crippen molar-refractivity contribution in [3.63, 3.8) is 0 Å². The summed E-state index contributed by atoms with van der Waals surface area (Å²) in [6, 6.07) is 0. The topological polar surface area (TPSA) is 0 Å². The van der Waals surface area contributed by atoms with Crippen LogP contribution in [0.15, 0.2) is 0 Å². The zero-order valence-corrected chi connectivity index (χ0v) is 8.27. The molecule has 0 bridgehead atoms. The first-order chi connectivity index (χ1) is 2.27. The van der Waals surface area contributed by atoms with Gasteiger partial charge in [0.2, 0.25) is 0 Å². The van der Waals surface area contributed by atoms with E-state index in [1.165, 1.54) is 6.42 Å². The van der Waals surface area contributed by atoms with Crippen LogP contribution in [-0.2, 0) is 0 Å². The van der Waals surface area contributed by atoms with Gasteiger partial charge in [0.05, 0.1) is 0 Å². The monoisotopic (exact) mass is 212 g/mol. The molecule has 0 aromatic rings. The van der Waals surface area contributed by atoms with E-state index in [0.29, 0.717) is 5.92 Å². The maximum absolute atomic E-state index is 3.76. The molecular weight excluding hydrogens is 201 g/mol. The van der Waals surface area contributed by atoms with Crippen molar-refractivity contribution in [1.29, 1.82) is 0 Å². The van der Waals surface area contributed by atoms with Crippen LogP contribution in [0, 0.1) is 54.1 Å². The SMILES string of the molecule is [CH2-]C(C)CC.[Pr]. The third-order valence-corrected chi connectivity index (χ3v) is 0.697. The van der Waals surface area contributed by atoms with E-state index in [2.05, 4.69) is 20.8 Å². The van der Waals surface area contributed by atoms with Crippen molar-refractivity contribution in [1.82, 2.24) is 0 Å². The molecule has 0 heterocycles. The van der Waals surface area contributed by atoms with Gasteiger partial charge in [-0.05, 0) is 0 Å². The Morgan fingerprint density at radius 3 is 1.83 bits per heavy atom. The van der Waals surface area contributed by atoms with Crippen molar-refractivity contribution in [2.45, 2.75) is 20.3 Å². The molecule has 1 atom stereocenters. The number of hydrogen-bond donors (Lipinski definition) is 0. The fourth-order valence-corrected chi connectivity index (χ4v) is 0. The second-order valence-electron chi connectivity index (χ2n) is 1.51. The van der Waals surface area contributed by atoms with Gasteiger partial charge in [0.15, 0.2) is 0 Å². The van der Waals surface area contributed by atoms with Gasteiger partial charge in [0.25, 0.3) is 0 Å². The first-order valence-corrected chi connectivity index (χ1v) is 2.10. The van der Waals surface area contributed by atoms with Crippen molar-refractivity contribution in [2.75, 3.05) is 0 Å². The second kappa shape index (κ2) is 6.36. The molecule has 0 fully saturated rings. The van der Waals surface area contributed by atoms with E-state index in [4.69, 9.17) is 0 Å². The molecule has 0 spiro atoms. The Kier molecular flexibility index (Phi) is 11.0. The summed E-state index contributed by atoms with van der Waals surface area (Å²) in [6.07, 6.45) is 1.19. The molecule has 0 rings (SSSR count). The molecule has 0 N–H and O–H groups in total. The molecule has 1 unspecified atom stereocenters. The van der Waals surface area contributed by atoms with E-state index < -0.39 is 0 Å². The van der Waals surface area contributed by atoms with Crippen LogP contribution in [0.2, 0.25) is 0 Å². The molecule has 0 aromatic heterocycles. The minimum absolute atomic E-state index is 0. The molecular formula is C5H11Pr-. The van der Waals surface area contributed by atoms with Gasteiger partial charge in [-0.2, -0.15) is 5.92 Å². The summed E-state index contributed by atoms with van der Waals surface area (Å²) in [7, 11) is 0. The molecule has 0 saturated carbocycles. The normalized spacial score (nSPS) is 12.5. The smallest absolute Gasteiger partial charge is 0 e. The zero-order valence-electron chi connectivity index (χ0n) is 4.57. The van der Waals surface area contributed by atoms with Crippen LogP contribution in [0.25, 0.3) is 0 Å². The Bertz CT molecular complexity index is 17.9. The Labute approximate surface area is 73.7 Å². The summed E-state index contributed by atoms with van der Waals surface area (Å²) in [5, 5.41) is 0. The fraction of sp³-hybridized carbons (Fsp3) is 0.800. The summed E-state index contributed by atoms with van der Waals surface area (Å²) in [5.41, 5.74) is 0. The van der Waals surface area contributed by atoms with Gasteiger partial charge in [-0.3, -0.25) is 0 Å². The molecule has 0 amide bonds. The first kappa shape index (κ1) is 10.4. The Balaban J connectivity index is 0. The largest absolute Gasteiger partial charge is 0.341 e. The molecule has 6 heavy (non-hydrogen) atoms. The average molecular weight is 212 g/mol. The van der Waals surface area contributed by atoms with E-state index in [1.807, 2.05) is 0 Å². The fourth-order valence-electron chi connectivity index (χ4n) is 0. The molecule has 1 heteroatoms. The van der Waals surface area contributed by atoms with Gasteiger partial charge >= 0.3 is 0 Å². The van der Waals surface area contributed by atoms with Crippen LogP contribution < -0.4 is 0 Å². The van der Waals surface area contributed by atoms with Crippen molar-refractivity contribution in [3.8, 4) is 0 Å². The number of rotatable bonds is 1. The summed E-state index contributed by atoms with van der Waals surface area (Å²) in [5.74, 6) is 0.634. The Hall–Kier alpha value is 1.36. The van der Waals surface area contributed by atoms with Gasteiger partial charge in [-0.1, -0.05) is 20.3 Å². The summed E-state index contributed by atoms with van der Waals surface area (Å²) < 4.78 is 0. The molecule has 0 aliphatic heterocycles. The minimum atomic E-state index is 0. The van der Waals surface area contributed by atoms with E-state index in [-0.39, 0.29) is 41.3 Å². The zero-order chi connectivity index (χ0) is 4.28. The van der Waals surface area contributed by atoms with Gasteiger partial charge in [0, 0.05) is 41.3 Å². The number of hydrogen-bond acceptors (Lipinski definition) is 0. The van der Waals surface area contributed by atoms with Gasteiger partial charge in [-0.15, -0.1) is 0 Å². The standard InChI is InChI=1S/C5H11.Pr/c1-4-5(2)3;/h5H,2,4H2,1,3H3;/q-1;. The van der Waals surface area contributed by atoms with E-state index in [9.17, 15) is 0 Å². The van der Waals surface area contributed by atoms with Crippen LogP contribution >= 0.6 is 0 Å². The second-order valence-corrected chi connectivity index (χ2v) is 1.51. The van der Waals surface area contributed by atoms with E-state index in [0.717, 1.165) is 0 Å². The van der Waals surface area contributed by atoms with Crippen molar-refractivity contribution >= 4 is 0 Å². The van der Waals surface area contributed by atoms with Crippen LogP contribution in [-0.4, -0.2) is 0 Å². The predicted molar refractivity (Wildman–Crippen MR) is 24.8 cm³/mol. The third-order valence-electron chi connectivity index (χ3n) is 0.697. The van der Waals surface area contributed by atoms with Crippen LogP contribution in [0.3, 0.4) is 0 Å². The van der Waals surface area contributed by atoms with Gasteiger partial charge in [-0.25, -0.2) is 0 Å². The van der Waals surface area contributed by atoms with Crippen LogP contribution in [0.5, 0.6) is 0 Å². The molecule has 1 radical (unpaired) electrons. The molecule has 0 aliphatic carbocycles. The Morgan fingerprint density at radius 1 is 1.67 bits per heavy atom. The molecule has 0 aliphatic rings. The minimum Gasteiger partial charge on any atom is -0.341 e. The maximum atomic E-state index is 3.76. The molecule has 0 nitrogen and oxygen atoms in total. The van der Waals surface area contributed by atoms with Gasteiger partial charge < -0.3 is 6.92 Å². The third kappa shape index (κ3) is 9.03. The van der Waals surface area contributed by atoms with E-state index in [1.54, 1.807) is 0 Å². The molecule has 35 valence electrons. The first-order valence-electron chi connectivity index (χ1n) is 2.10. The van der Waals surface area contributed by atoms with Crippen molar-refractivity contribution < 1.29 is 41.3 Å². The van der Waals surface area contributed by atoms with Crippen molar-refractivity contribution in [3.05, 3.63) is 6.92 Å². The summed E-state index contributed by atoms with van der Waals surface area (Å²) >= 11 is 0. The van der Waals surface area contributed by atoms with Crippen LogP contribution in [0.4, 0.5) is 0 Å². The molecule has 0 saturated heterocycles. The van der Waals surface area contributed by atoms with E-state index >= 15 is 0 Å². The van der Waals surface area contributed by atoms with Crippen LogP contribution in [0.1, 0.15) is 20.3 Å². The average Bonchev–Trinajstić information content (AvgIpc) is 1.38. The summed E-state index contributed by atoms with van der Waals surface area (Å²) in [4.78, 5) is 0. The van der Waals surface area contributed by atoms with Gasteiger partial charge in [0.1, 0.15) is 0 Å². The summed E-state index contributed by atoms with van der Waals surface area (Å²) in [6.45, 7) is 8.00. The maximum Gasteiger partial charge on any atom is 0 e. The quantitative estimate of drug-likeness (QED) is 0.582. The Morgan fingerprint density at radius 2 is 1.83 bits per heavy atom. The van der Waals surface area contributed by atoms with Crippen molar-refractivity contribution in [2.24, 2.45) is 5.92 Å².